The first-order valence-electron chi connectivity index (χ1n) is 10.5. The summed E-state index contributed by atoms with van der Waals surface area (Å²) >= 11 is 0. The molecule has 31 heavy (non-hydrogen) atoms. The maximum atomic E-state index is 13.1. The molecule has 0 spiro atoms. The Kier molecular flexibility index (Phi) is 8.76. The molecule has 8 nitrogen and oxygen atoms in total. The van der Waals surface area contributed by atoms with Gasteiger partial charge in [0.15, 0.2) is 5.75 Å². The van der Waals surface area contributed by atoms with Crippen LogP contribution in [0, 0.1) is 5.92 Å². The van der Waals surface area contributed by atoms with Crippen LogP contribution >= 0.6 is 0 Å². The van der Waals surface area contributed by atoms with Crippen LogP contribution in [0.25, 0.3) is 0 Å². The number of halogens is 1. The average Bonchev–Trinajstić information content (AvgIpc) is 2.72. The highest BCUT2D eigenvalue weighted by atomic mass is 19.1. The molecule has 1 aliphatic rings. The molecular weight excluding hydrogens is 403 g/mol. The first-order chi connectivity index (χ1) is 14.6. The van der Waals surface area contributed by atoms with Crippen molar-refractivity contribution in [2.24, 2.45) is 5.92 Å². The molecule has 1 aromatic rings. The van der Waals surface area contributed by atoms with Crippen molar-refractivity contribution >= 4 is 17.8 Å². The fraction of sp³-hybridized carbons (Fsp3) is 0.636. The van der Waals surface area contributed by atoms with Crippen molar-refractivity contribution in [3.8, 4) is 5.75 Å². The lowest BCUT2D eigenvalue weighted by Crippen LogP contribution is -2.40. The van der Waals surface area contributed by atoms with Gasteiger partial charge in [-0.25, -0.2) is 14.4 Å². The molecule has 0 unspecified atom stereocenters. The molecule has 0 aromatic carbocycles. The van der Waals surface area contributed by atoms with Crippen LogP contribution in [0.3, 0.4) is 0 Å². The van der Waals surface area contributed by atoms with Gasteiger partial charge in [-0.05, 0) is 45.6 Å². The van der Waals surface area contributed by atoms with Crippen LogP contribution in [-0.4, -0.2) is 66.1 Å². The van der Waals surface area contributed by atoms with Crippen molar-refractivity contribution in [3.05, 3.63) is 24.3 Å². The third-order valence-electron chi connectivity index (χ3n) is 4.83. The fourth-order valence-electron chi connectivity index (χ4n) is 3.23. The summed E-state index contributed by atoms with van der Waals surface area (Å²) < 4.78 is 23.9. The van der Waals surface area contributed by atoms with Crippen molar-refractivity contribution in [1.29, 1.82) is 0 Å². The summed E-state index contributed by atoms with van der Waals surface area (Å²) in [6.07, 6.45) is 5.37. The van der Waals surface area contributed by atoms with Gasteiger partial charge in [0.2, 0.25) is 11.9 Å². The topological polar surface area (TPSA) is 84.9 Å². The molecule has 2 rings (SSSR count). The number of amides is 1. The number of esters is 1. The van der Waals surface area contributed by atoms with E-state index in [1.807, 2.05) is 4.90 Å². The highest BCUT2D eigenvalue weighted by molar-refractivity contribution is 5.78. The number of aromatic nitrogens is 2. The summed E-state index contributed by atoms with van der Waals surface area (Å²) in [7, 11) is 3.55. The quantitative estimate of drug-likeness (QED) is 0.579. The number of anilines is 1. The van der Waals surface area contributed by atoms with Crippen LogP contribution in [0.2, 0.25) is 0 Å². The van der Waals surface area contributed by atoms with Crippen LogP contribution in [0.1, 0.15) is 46.5 Å². The Morgan fingerprint density at radius 2 is 1.81 bits per heavy atom. The Labute approximate surface area is 183 Å². The minimum absolute atomic E-state index is 0.0000455. The first kappa shape index (κ1) is 24.6. The van der Waals surface area contributed by atoms with E-state index in [1.54, 1.807) is 52.2 Å². The highest BCUT2D eigenvalue weighted by Crippen LogP contribution is 2.23. The highest BCUT2D eigenvalue weighted by Gasteiger charge is 2.27. The molecule has 1 fully saturated rings. The van der Waals surface area contributed by atoms with Gasteiger partial charge in [-0.3, -0.25) is 9.59 Å². The standard InChI is InChI=1S/C22H33FN4O4/c1-22(2,3)31-19(28)7-6-16(12-23)15-30-18-13-24-21(25-14-18)27-10-8-17(9-11-27)20(29)26(4)5/h12-14,17H,6-11,15H2,1-5H3/b16-12+. The molecule has 2 heterocycles. The van der Waals surface area contributed by atoms with Gasteiger partial charge < -0.3 is 19.3 Å². The normalized spacial score (nSPS) is 15.5. The van der Waals surface area contributed by atoms with E-state index in [-0.39, 0.29) is 37.2 Å². The van der Waals surface area contributed by atoms with Crippen LogP contribution in [0.5, 0.6) is 5.75 Å². The van der Waals surface area contributed by atoms with E-state index in [2.05, 4.69) is 9.97 Å². The number of carbonyl (C=O) groups is 2. The van der Waals surface area contributed by atoms with E-state index in [4.69, 9.17) is 9.47 Å². The van der Waals surface area contributed by atoms with Crippen molar-refractivity contribution in [3.63, 3.8) is 0 Å². The molecule has 0 radical (unpaired) electrons. The number of hydrogen-bond donors (Lipinski definition) is 0. The number of carbonyl (C=O) groups excluding carboxylic acids is 2. The zero-order chi connectivity index (χ0) is 23.0. The van der Waals surface area contributed by atoms with Gasteiger partial charge in [0, 0.05) is 39.5 Å². The second kappa shape index (κ2) is 11.1. The predicted molar refractivity (Wildman–Crippen MR) is 115 cm³/mol. The largest absolute Gasteiger partial charge is 0.486 e. The Bertz CT molecular complexity index is 767. The molecule has 172 valence electrons. The molecule has 0 bridgehead atoms. The van der Waals surface area contributed by atoms with Gasteiger partial charge in [-0.1, -0.05) is 0 Å². The summed E-state index contributed by atoms with van der Waals surface area (Å²) in [4.78, 5) is 36.2. The van der Waals surface area contributed by atoms with E-state index >= 15 is 0 Å². The molecular formula is C22H33FN4O4. The number of ether oxygens (including phenoxy) is 2. The van der Waals surface area contributed by atoms with E-state index in [0.717, 1.165) is 12.8 Å². The van der Waals surface area contributed by atoms with Crippen molar-refractivity contribution < 1.29 is 23.5 Å². The van der Waals surface area contributed by atoms with Crippen molar-refractivity contribution in [1.82, 2.24) is 14.9 Å². The fourth-order valence-corrected chi connectivity index (χ4v) is 3.23. The van der Waals surface area contributed by atoms with Crippen LogP contribution in [-0.2, 0) is 14.3 Å². The summed E-state index contributed by atoms with van der Waals surface area (Å²) in [5, 5.41) is 0. The van der Waals surface area contributed by atoms with Gasteiger partial charge >= 0.3 is 5.97 Å². The second-order valence-corrected chi connectivity index (χ2v) is 8.86. The Balaban J connectivity index is 1.79. The predicted octanol–water partition coefficient (Wildman–Crippen LogP) is 3.14. The van der Waals surface area contributed by atoms with Gasteiger partial charge in [-0.15, -0.1) is 0 Å². The lowest BCUT2D eigenvalue weighted by Gasteiger charge is -2.32. The second-order valence-electron chi connectivity index (χ2n) is 8.86. The molecule has 9 heteroatoms. The molecule has 1 amide bonds. The monoisotopic (exact) mass is 436 g/mol. The Morgan fingerprint density at radius 3 is 2.32 bits per heavy atom. The van der Waals surface area contributed by atoms with Gasteiger partial charge in [0.1, 0.15) is 12.2 Å². The zero-order valence-corrected chi connectivity index (χ0v) is 19.1. The molecule has 1 saturated heterocycles. The van der Waals surface area contributed by atoms with Crippen LogP contribution < -0.4 is 9.64 Å². The average molecular weight is 437 g/mol. The molecule has 1 aromatic heterocycles. The van der Waals surface area contributed by atoms with E-state index < -0.39 is 5.60 Å². The van der Waals surface area contributed by atoms with Gasteiger partial charge in [0.05, 0.1) is 18.7 Å². The van der Waals surface area contributed by atoms with E-state index in [0.29, 0.717) is 36.7 Å². The SMILES string of the molecule is CN(C)C(=O)C1CCN(c2ncc(OC/C(=C/F)CCC(=O)OC(C)(C)C)cn2)CC1. The summed E-state index contributed by atoms with van der Waals surface area (Å²) in [6.45, 7) is 6.78. The van der Waals surface area contributed by atoms with Gasteiger partial charge in [0.25, 0.3) is 0 Å². The number of rotatable bonds is 8. The number of nitrogens with zero attached hydrogens (tertiary/aromatic N) is 4. The van der Waals surface area contributed by atoms with E-state index in [1.165, 1.54) is 0 Å². The maximum Gasteiger partial charge on any atom is 0.306 e. The molecule has 1 aliphatic heterocycles. The van der Waals surface area contributed by atoms with Crippen LogP contribution in [0.15, 0.2) is 24.3 Å². The Hall–Kier alpha value is -2.71. The third-order valence-corrected chi connectivity index (χ3v) is 4.83. The number of hydrogen-bond acceptors (Lipinski definition) is 7. The molecule has 0 atom stereocenters. The van der Waals surface area contributed by atoms with Gasteiger partial charge in [-0.2, -0.15) is 0 Å². The minimum Gasteiger partial charge on any atom is -0.486 e. The minimum atomic E-state index is -0.566. The summed E-state index contributed by atoms with van der Waals surface area (Å²) in [5.74, 6) is 0.816. The number of piperidine rings is 1. The van der Waals surface area contributed by atoms with E-state index in [9.17, 15) is 14.0 Å². The lowest BCUT2D eigenvalue weighted by molar-refractivity contribution is -0.154. The first-order valence-corrected chi connectivity index (χ1v) is 10.5. The molecule has 0 aliphatic carbocycles. The molecule has 0 N–H and O–H groups in total. The van der Waals surface area contributed by atoms with Crippen molar-refractivity contribution in [2.45, 2.75) is 52.1 Å². The zero-order valence-electron chi connectivity index (χ0n) is 19.1. The summed E-state index contributed by atoms with van der Waals surface area (Å²) in [5.41, 5.74) is -0.216. The lowest BCUT2D eigenvalue weighted by atomic mass is 9.96. The van der Waals surface area contributed by atoms with Crippen molar-refractivity contribution in [2.75, 3.05) is 38.7 Å². The Morgan fingerprint density at radius 1 is 1.19 bits per heavy atom. The summed E-state index contributed by atoms with van der Waals surface area (Å²) in [6, 6.07) is 0. The maximum absolute atomic E-state index is 13.1. The molecule has 0 saturated carbocycles. The van der Waals surface area contributed by atoms with Crippen LogP contribution in [0.4, 0.5) is 10.3 Å². The smallest absolute Gasteiger partial charge is 0.306 e. The third kappa shape index (κ3) is 8.15.